The Morgan fingerprint density at radius 3 is 2.65 bits per heavy atom. The van der Waals surface area contributed by atoms with E-state index in [9.17, 15) is 0 Å². The van der Waals surface area contributed by atoms with Gasteiger partial charge in [-0.1, -0.05) is 12.1 Å². The number of aryl methyl sites for hydroxylation is 2. The number of hydrogen-bond acceptors (Lipinski definition) is 5. The predicted molar refractivity (Wildman–Crippen MR) is 87.8 cm³/mol. The molecule has 0 saturated carbocycles. The van der Waals surface area contributed by atoms with E-state index in [1.54, 1.807) is 12.3 Å². The number of anilines is 1. The van der Waals surface area contributed by atoms with Crippen molar-refractivity contribution in [3.8, 4) is 22.8 Å². The molecule has 0 unspecified atom stereocenters. The lowest BCUT2D eigenvalue weighted by atomic mass is 10.0. The van der Waals surface area contributed by atoms with Crippen LogP contribution in [0.15, 0.2) is 47.1 Å². The lowest BCUT2D eigenvalue weighted by Crippen LogP contribution is -2.03. The Bertz CT molecular complexity index is 1000. The van der Waals surface area contributed by atoms with Crippen molar-refractivity contribution in [2.75, 3.05) is 5.73 Å². The molecule has 0 bridgehead atoms. The van der Waals surface area contributed by atoms with E-state index in [2.05, 4.69) is 41.0 Å². The highest BCUT2D eigenvalue weighted by Gasteiger charge is 2.13. The maximum absolute atomic E-state index is 6.05. The van der Waals surface area contributed by atoms with Crippen LogP contribution in [0.5, 0.6) is 0 Å². The molecule has 0 aliphatic carbocycles. The molecule has 0 radical (unpaired) electrons. The molecule has 4 aromatic rings. The average molecular weight is 305 g/mol. The van der Waals surface area contributed by atoms with E-state index in [0.717, 1.165) is 11.3 Å². The van der Waals surface area contributed by atoms with E-state index in [1.165, 1.54) is 15.6 Å². The standard InChI is InChI=1S/C17H15N5O/c1-10-5-6-12(8-11(10)2)13-9-15-20-16(14-4-3-7-23-14)21-22(15)17(18)19-13/h3-9H,1-2H3,(H2,18,19). The second-order valence-corrected chi connectivity index (χ2v) is 5.48. The van der Waals surface area contributed by atoms with Gasteiger partial charge in [0.05, 0.1) is 12.0 Å². The van der Waals surface area contributed by atoms with Gasteiger partial charge in [0.1, 0.15) is 0 Å². The molecule has 1 aromatic carbocycles. The van der Waals surface area contributed by atoms with E-state index in [0.29, 0.717) is 23.2 Å². The number of nitrogens with zero attached hydrogens (tertiary/aromatic N) is 4. The lowest BCUT2D eigenvalue weighted by Gasteiger charge is -2.06. The van der Waals surface area contributed by atoms with Gasteiger partial charge in [0.25, 0.3) is 0 Å². The third-order valence-corrected chi connectivity index (χ3v) is 3.89. The first-order chi connectivity index (χ1) is 11.1. The highest BCUT2D eigenvalue weighted by atomic mass is 16.3. The average Bonchev–Trinajstić information content (AvgIpc) is 3.18. The van der Waals surface area contributed by atoms with Crippen LogP contribution in [-0.4, -0.2) is 19.6 Å². The van der Waals surface area contributed by atoms with Crippen molar-refractivity contribution >= 4 is 11.6 Å². The zero-order chi connectivity index (χ0) is 16.0. The first-order valence-corrected chi connectivity index (χ1v) is 7.26. The van der Waals surface area contributed by atoms with Crippen molar-refractivity contribution in [1.29, 1.82) is 0 Å². The Kier molecular flexibility index (Phi) is 2.90. The molecule has 114 valence electrons. The zero-order valence-corrected chi connectivity index (χ0v) is 12.8. The first-order valence-electron chi connectivity index (χ1n) is 7.26. The molecular weight excluding hydrogens is 290 g/mol. The Hall–Kier alpha value is -3.15. The minimum absolute atomic E-state index is 0.293. The summed E-state index contributed by atoms with van der Waals surface area (Å²) in [6, 6.07) is 11.7. The number of fused-ring (bicyclic) bond motifs is 1. The van der Waals surface area contributed by atoms with Crippen LogP contribution in [0.25, 0.3) is 28.5 Å². The quantitative estimate of drug-likeness (QED) is 0.614. The SMILES string of the molecule is Cc1ccc(-c2cc3nc(-c4ccco4)nn3c(N)n2)cc1C. The molecule has 4 rings (SSSR count). The molecule has 6 heteroatoms. The Morgan fingerprint density at radius 2 is 1.91 bits per heavy atom. The van der Waals surface area contributed by atoms with E-state index in [4.69, 9.17) is 10.2 Å². The topological polar surface area (TPSA) is 82.2 Å². The third-order valence-electron chi connectivity index (χ3n) is 3.89. The van der Waals surface area contributed by atoms with Crippen molar-refractivity contribution in [3.05, 3.63) is 53.8 Å². The molecule has 0 spiro atoms. The summed E-state index contributed by atoms with van der Waals surface area (Å²) in [5, 5.41) is 4.35. The molecule has 0 saturated heterocycles. The second-order valence-electron chi connectivity index (χ2n) is 5.48. The Morgan fingerprint density at radius 1 is 1.04 bits per heavy atom. The highest BCUT2D eigenvalue weighted by Crippen LogP contribution is 2.24. The molecule has 0 aliphatic heterocycles. The maximum atomic E-state index is 6.05. The van der Waals surface area contributed by atoms with Gasteiger partial charge in [-0.2, -0.15) is 4.52 Å². The fourth-order valence-electron chi connectivity index (χ4n) is 2.47. The van der Waals surface area contributed by atoms with Gasteiger partial charge in [0, 0.05) is 11.6 Å². The fourth-order valence-corrected chi connectivity index (χ4v) is 2.47. The highest BCUT2D eigenvalue weighted by molar-refractivity contribution is 5.67. The minimum Gasteiger partial charge on any atom is -0.461 e. The van der Waals surface area contributed by atoms with Crippen LogP contribution in [0.1, 0.15) is 11.1 Å². The smallest absolute Gasteiger partial charge is 0.223 e. The van der Waals surface area contributed by atoms with Crippen molar-refractivity contribution in [1.82, 2.24) is 19.6 Å². The molecule has 0 aliphatic rings. The largest absolute Gasteiger partial charge is 0.461 e. The van der Waals surface area contributed by atoms with Gasteiger partial charge in [-0.05, 0) is 43.2 Å². The normalized spacial score (nSPS) is 11.2. The number of rotatable bonds is 2. The van der Waals surface area contributed by atoms with E-state index in [1.807, 2.05) is 18.2 Å². The van der Waals surface area contributed by atoms with Gasteiger partial charge in [-0.3, -0.25) is 0 Å². The van der Waals surface area contributed by atoms with Gasteiger partial charge in [0.2, 0.25) is 11.8 Å². The van der Waals surface area contributed by atoms with Crippen molar-refractivity contribution in [3.63, 3.8) is 0 Å². The molecule has 6 nitrogen and oxygen atoms in total. The van der Waals surface area contributed by atoms with E-state index in [-0.39, 0.29) is 0 Å². The van der Waals surface area contributed by atoms with Crippen LogP contribution in [0.4, 0.5) is 5.95 Å². The number of furan rings is 1. The van der Waals surface area contributed by atoms with Gasteiger partial charge < -0.3 is 10.2 Å². The Balaban J connectivity index is 1.87. The first kappa shape index (κ1) is 13.5. The van der Waals surface area contributed by atoms with Crippen LogP contribution < -0.4 is 5.73 Å². The van der Waals surface area contributed by atoms with Crippen LogP contribution >= 0.6 is 0 Å². The molecule has 0 atom stereocenters. The molecule has 0 fully saturated rings. The van der Waals surface area contributed by atoms with Crippen molar-refractivity contribution in [2.45, 2.75) is 13.8 Å². The van der Waals surface area contributed by atoms with E-state index < -0.39 is 0 Å². The van der Waals surface area contributed by atoms with E-state index >= 15 is 0 Å². The summed E-state index contributed by atoms with van der Waals surface area (Å²) in [5.41, 5.74) is 10.9. The minimum atomic E-state index is 0.293. The number of hydrogen-bond donors (Lipinski definition) is 1. The fraction of sp³-hybridized carbons (Fsp3) is 0.118. The molecule has 23 heavy (non-hydrogen) atoms. The van der Waals surface area contributed by atoms with Gasteiger partial charge in [-0.25, -0.2) is 9.97 Å². The Labute approximate surface area is 132 Å². The summed E-state index contributed by atoms with van der Waals surface area (Å²) in [7, 11) is 0. The summed E-state index contributed by atoms with van der Waals surface area (Å²) in [6.07, 6.45) is 1.59. The maximum Gasteiger partial charge on any atom is 0.223 e. The summed E-state index contributed by atoms with van der Waals surface area (Å²) >= 11 is 0. The molecule has 0 amide bonds. The molecule has 2 N–H and O–H groups in total. The monoisotopic (exact) mass is 305 g/mol. The molecular formula is C17H15N5O. The number of aromatic nitrogens is 4. The number of nitrogens with two attached hydrogens (primary N) is 1. The summed E-state index contributed by atoms with van der Waals surface area (Å²) in [6.45, 7) is 4.16. The molecule has 3 aromatic heterocycles. The van der Waals surface area contributed by atoms with Crippen LogP contribution in [0.3, 0.4) is 0 Å². The lowest BCUT2D eigenvalue weighted by molar-refractivity contribution is 0.577. The third kappa shape index (κ3) is 2.24. The summed E-state index contributed by atoms with van der Waals surface area (Å²) in [5.74, 6) is 1.38. The number of nitrogen functional groups attached to an aromatic ring is 1. The van der Waals surface area contributed by atoms with Crippen LogP contribution in [0.2, 0.25) is 0 Å². The van der Waals surface area contributed by atoms with Crippen molar-refractivity contribution < 1.29 is 4.42 Å². The second kappa shape index (κ2) is 4.95. The molecule has 3 heterocycles. The summed E-state index contributed by atoms with van der Waals surface area (Å²) < 4.78 is 6.85. The van der Waals surface area contributed by atoms with Gasteiger partial charge in [0.15, 0.2) is 11.4 Å². The van der Waals surface area contributed by atoms with Gasteiger partial charge in [-0.15, -0.1) is 5.10 Å². The zero-order valence-electron chi connectivity index (χ0n) is 12.8. The van der Waals surface area contributed by atoms with Crippen LogP contribution in [-0.2, 0) is 0 Å². The van der Waals surface area contributed by atoms with Crippen molar-refractivity contribution in [2.24, 2.45) is 0 Å². The summed E-state index contributed by atoms with van der Waals surface area (Å²) in [4.78, 5) is 8.92. The predicted octanol–water partition coefficient (Wildman–Crippen LogP) is 3.25. The number of benzene rings is 1. The van der Waals surface area contributed by atoms with Gasteiger partial charge >= 0.3 is 0 Å². The van der Waals surface area contributed by atoms with Crippen LogP contribution in [0, 0.1) is 13.8 Å².